The first-order valence-corrected chi connectivity index (χ1v) is 10.4. The van der Waals surface area contributed by atoms with Crippen LogP contribution in [0.25, 0.3) is 10.2 Å². The maximum atomic E-state index is 12.6. The number of thioether (sulfide) groups is 1. The van der Waals surface area contributed by atoms with Crippen LogP contribution in [0.3, 0.4) is 0 Å². The van der Waals surface area contributed by atoms with Crippen molar-refractivity contribution in [1.82, 2.24) is 24.8 Å². The molecule has 0 bridgehead atoms. The molecule has 0 aliphatic heterocycles. The molecule has 0 saturated heterocycles. The summed E-state index contributed by atoms with van der Waals surface area (Å²) in [6.45, 7) is 8.05. The van der Waals surface area contributed by atoms with E-state index in [1.807, 2.05) is 52.0 Å². The van der Waals surface area contributed by atoms with Crippen molar-refractivity contribution < 1.29 is 4.79 Å². The maximum absolute atomic E-state index is 12.6. The van der Waals surface area contributed by atoms with Gasteiger partial charge in [-0.3, -0.25) is 4.79 Å². The highest BCUT2D eigenvalue weighted by molar-refractivity contribution is 7.99. The lowest BCUT2D eigenvalue weighted by Crippen LogP contribution is -2.31. The minimum Gasteiger partial charge on any atom is -0.336 e. The number of hydrogen-bond donors (Lipinski definition) is 1. The van der Waals surface area contributed by atoms with Crippen molar-refractivity contribution in [2.45, 2.75) is 44.3 Å². The van der Waals surface area contributed by atoms with Gasteiger partial charge in [-0.1, -0.05) is 44.7 Å². The normalized spacial score (nSPS) is 13.1. The summed E-state index contributed by atoms with van der Waals surface area (Å²) in [4.78, 5) is 19.0. The minimum absolute atomic E-state index is 0.00735. The van der Waals surface area contributed by atoms with E-state index < -0.39 is 0 Å². The Bertz CT molecular complexity index is 925. The predicted molar refractivity (Wildman–Crippen MR) is 110 cm³/mol. The summed E-state index contributed by atoms with van der Waals surface area (Å²) in [6.07, 6.45) is 0. The Kier molecular flexibility index (Phi) is 5.43. The number of rotatable bonds is 5. The number of benzene rings is 1. The number of fused-ring (bicyclic) bond motifs is 1. The number of carbonyl (C=O) groups is 1. The lowest BCUT2D eigenvalue weighted by Gasteiger charge is -2.23. The number of amides is 1. The molecule has 1 amide bonds. The number of nitrogens with zero attached hydrogens (tertiary/aromatic N) is 5. The molecule has 1 aromatic carbocycles. The highest BCUT2D eigenvalue weighted by Gasteiger charge is 2.25. The van der Waals surface area contributed by atoms with Gasteiger partial charge in [0.15, 0.2) is 5.82 Å². The first kappa shape index (κ1) is 19.6. The van der Waals surface area contributed by atoms with Gasteiger partial charge in [-0.15, -0.1) is 21.5 Å². The van der Waals surface area contributed by atoms with Crippen LogP contribution in [-0.4, -0.2) is 43.5 Å². The third kappa shape index (κ3) is 4.08. The molecule has 9 heteroatoms. The number of nitrogen functional groups attached to an aromatic ring is 1. The van der Waals surface area contributed by atoms with E-state index in [4.69, 9.17) is 5.84 Å². The zero-order chi connectivity index (χ0) is 19.8. The van der Waals surface area contributed by atoms with Gasteiger partial charge in [0.1, 0.15) is 5.01 Å². The minimum atomic E-state index is -0.206. The molecule has 1 atom stereocenters. The smallest absolute Gasteiger partial charge is 0.233 e. The van der Waals surface area contributed by atoms with E-state index in [9.17, 15) is 4.79 Å². The average Bonchev–Trinajstić information content (AvgIpc) is 3.21. The van der Waals surface area contributed by atoms with Crippen molar-refractivity contribution in [3.8, 4) is 0 Å². The Hall–Kier alpha value is -2.13. The first-order chi connectivity index (χ1) is 12.7. The standard InChI is InChI=1S/C18H24N6OS2/c1-11(15-20-12-8-6-7-9-13(12)27-15)23(5)14(25)10-26-17-22-21-16(24(17)19)18(2,3)4/h6-9,11H,10,19H2,1-5H3/t11-/m1/s1. The van der Waals surface area contributed by atoms with E-state index in [1.165, 1.54) is 16.4 Å². The molecular weight excluding hydrogens is 380 g/mol. The highest BCUT2D eigenvalue weighted by Crippen LogP contribution is 2.29. The first-order valence-electron chi connectivity index (χ1n) is 8.63. The third-order valence-corrected chi connectivity index (χ3v) is 6.44. The van der Waals surface area contributed by atoms with Gasteiger partial charge >= 0.3 is 0 Å². The van der Waals surface area contributed by atoms with E-state index >= 15 is 0 Å². The molecule has 2 heterocycles. The van der Waals surface area contributed by atoms with Crippen LogP contribution in [0.4, 0.5) is 0 Å². The van der Waals surface area contributed by atoms with Crippen molar-refractivity contribution in [3.63, 3.8) is 0 Å². The fourth-order valence-electron chi connectivity index (χ4n) is 2.57. The number of carbonyl (C=O) groups excluding carboxylic acids is 1. The zero-order valence-electron chi connectivity index (χ0n) is 16.1. The zero-order valence-corrected chi connectivity index (χ0v) is 17.8. The van der Waals surface area contributed by atoms with Crippen molar-refractivity contribution in [1.29, 1.82) is 0 Å². The van der Waals surface area contributed by atoms with Gasteiger partial charge in [0.2, 0.25) is 11.1 Å². The van der Waals surface area contributed by atoms with E-state index in [-0.39, 0.29) is 23.1 Å². The van der Waals surface area contributed by atoms with E-state index in [0.717, 1.165) is 15.2 Å². The second-order valence-electron chi connectivity index (χ2n) is 7.42. The molecule has 3 rings (SSSR count). The molecule has 0 saturated carbocycles. The molecule has 27 heavy (non-hydrogen) atoms. The van der Waals surface area contributed by atoms with E-state index in [0.29, 0.717) is 11.0 Å². The third-order valence-electron chi connectivity index (χ3n) is 4.30. The largest absolute Gasteiger partial charge is 0.336 e. The van der Waals surface area contributed by atoms with E-state index in [2.05, 4.69) is 15.2 Å². The lowest BCUT2D eigenvalue weighted by molar-refractivity contribution is -0.128. The maximum Gasteiger partial charge on any atom is 0.233 e. The molecule has 0 fully saturated rings. The fraction of sp³-hybridized carbons (Fsp3) is 0.444. The van der Waals surface area contributed by atoms with Crippen LogP contribution in [0.1, 0.15) is 44.6 Å². The van der Waals surface area contributed by atoms with Crippen LogP contribution in [0.5, 0.6) is 0 Å². The fourth-order valence-corrected chi connectivity index (χ4v) is 4.41. The van der Waals surface area contributed by atoms with Crippen molar-refractivity contribution in [2.75, 3.05) is 18.6 Å². The van der Waals surface area contributed by atoms with Crippen LogP contribution in [0.15, 0.2) is 29.4 Å². The Labute approximate surface area is 166 Å². The number of hydrogen-bond acceptors (Lipinski definition) is 7. The topological polar surface area (TPSA) is 89.9 Å². The highest BCUT2D eigenvalue weighted by atomic mass is 32.2. The van der Waals surface area contributed by atoms with E-state index in [1.54, 1.807) is 23.3 Å². The average molecular weight is 405 g/mol. The number of aromatic nitrogens is 4. The molecule has 0 spiro atoms. The number of para-hydroxylation sites is 1. The number of thiazole rings is 1. The molecular formula is C18H24N6OS2. The Balaban J connectivity index is 1.66. The summed E-state index contributed by atoms with van der Waals surface area (Å²) in [7, 11) is 1.80. The lowest BCUT2D eigenvalue weighted by atomic mass is 9.96. The molecule has 0 aliphatic carbocycles. The van der Waals surface area contributed by atoms with Gasteiger partial charge in [-0.2, -0.15) is 0 Å². The molecule has 0 aliphatic rings. The number of nitrogens with two attached hydrogens (primary N) is 1. The summed E-state index contributed by atoms with van der Waals surface area (Å²) in [5, 5.41) is 9.73. The van der Waals surface area contributed by atoms with Crippen LogP contribution in [0.2, 0.25) is 0 Å². The van der Waals surface area contributed by atoms with Gasteiger partial charge in [0.05, 0.1) is 22.0 Å². The predicted octanol–water partition coefficient (Wildman–Crippen LogP) is 3.21. The quantitative estimate of drug-likeness (QED) is 0.519. The second kappa shape index (κ2) is 7.47. The summed E-state index contributed by atoms with van der Waals surface area (Å²) in [5.41, 5.74) is 0.758. The van der Waals surface area contributed by atoms with Crippen molar-refractivity contribution in [2.24, 2.45) is 0 Å². The molecule has 3 aromatic rings. The molecule has 2 N–H and O–H groups in total. The second-order valence-corrected chi connectivity index (χ2v) is 9.42. The van der Waals surface area contributed by atoms with Crippen molar-refractivity contribution in [3.05, 3.63) is 35.1 Å². The molecule has 7 nitrogen and oxygen atoms in total. The summed E-state index contributed by atoms with van der Waals surface area (Å²) in [6, 6.07) is 7.89. The Morgan fingerprint density at radius 2 is 2.04 bits per heavy atom. The van der Waals surface area contributed by atoms with Crippen LogP contribution in [-0.2, 0) is 10.2 Å². The van der Waals surface area contributed by atoms with Gasteiger partial charge in [-0.25, -0.2) is 9.66 Å². The summed E-state index contributed by atoms with van der Waals surface area (Å²) >= 11 is 2.91. The van der Waals surface area contributed by atoms with Crippen LogP contribution in [0, 0.1) is 0 Å². The molecule has 2 aromatic heterocycles. The molecule has 0 unspecified atom stereocenters. The molecule has 0 radical (unpaired) electrons. The van der Waals surface area contributed by atoms with Gasteiger partial charge in [0, 0.05) is 12.5 Å². The van der Waals surface area contributed by atoms with Crippen LogP contribution < -0.4 is 5.84 Å². The summed E-state index contributed by atoms with van der Waals surface area (Å²) in [5.74, 6) is 7.01. The van der Waals surface area contributed by atoms with Gasteiger partial charge in [0.25, 0.3) is 0 Å². The van der Waals surface area contributed by atoms with Crippen LogP contribution >= 0.6 is 23.1 Å². The molecule has 144 valence electrons. The van der Waals surface area contributed by atoms with Gasteiger partial charge < -0.3 is 10.7 Å². The SMILES string of the molecule is C[C@H](c1nc2ccccc2s1)N(C)C(=O)CSc1nnc(C(C)(C)C)n1N. The van der Waals surface area contributed by atoms with Gasteiger partial charge in [-0.05, 0) is 19.1 Å². The monoisotopic (exact) mass is 404 g/mol. The Morgan fingerprint density at radius 1 is 1.33 bits per heavy atom. The summed E-state index contributed by atoms with van der Waals surface area (Å²) < 4.78 is 2.59. The Morgan fingerprint density at radius 3 is 2.67 bits per heavy atom. The van der Waals surface area contributed by atoms with Crippen molar-refractivity contribution >= 4 is 39.2 Å².